The molecule has 3 rings (SSSR count). The van der Waals surface area contributed by atoms with E-state index in [1.165, 1.54) is 30.4 Å². The van der Waals surface area contributed by atoms with Crippen LogP contribution < -0.4 is 5.73 Å². The molecule has 2 N–H and O–H groups in total. The predicted octanol–water partition coefficient (Wildman–Crippen LogP) is 3.84. The Bertz CT molecular complexity index is 544. The van der Waals surface area contributed by atoms with Crippen molar-refractivity contribution in [1.29, 1.82) is 0 Å². The van der Waals surface area contributed by atoms with Crippen LogP contribution in [0.2, 0.25) is 0 Å². The average Bonchev–Trinajstić information content (AvgIpc) is 2.52. The molecule has 0 aliphatic carbocycles. The molecule has 0 amide bonds. The van der Waals surface area contributed by atoms with E-state index in [0.29, 0.717) is 0 Å². The average molecular weight is 266 g/mol. The minimum Gasteiger partial charge on any atom is -0.398 e. The molecular formula is C18H22N2. The first-order valence-electron chi connectivity index (χ1n) is 7.49. The lowest BCUT2D eigenvalue weighted by Crippen LogP contribution is -2.34. The van der Waals surface area contributed by atoms with Gasteiger partial charge in [0.25, 0.3) is 0 Å². The third kappa shape index (κ3) is 2.70. The van der Waals surface area contributed by atoms with Crippen LogP contribution in [0.15, 0.2) is 54.6 Å². The molecule has 1 fully saturated rings. The molecule has 2 aromatic carbocycles. The number of likely N-dealkylation sites (tertiary alicyclic amines) is 1. The summed E-state index contributed by atoms with van der Waals surface area (Å²) in [6.45, 7) is 2.32. The van der Waals surface area contributed by atoms with Gasteiger partial charge >= 0.3 is 0 Å². The normalized spacial score (nSPS) is 17.8. The number of anilines is 1. The summed E-state index contributed by atoms with van der Waals surface area (Å²) in [5.74, 6) is 0. The topological polar surface area (TPSA) is 29.3 Å². The monoisotopic (exact) mass is 266 g/mol. The molecular weight excluding hydrogens is 244 g/mol. The highest BCUT2D eigenvalue weighted by molar-refractivity contribution is 5.51. The molecule has 1 unspecified atom stereocenters. The van der Waals surface area contributed by atoms with Gasteiger partial charge in [0.2, 0.25) is 0 Å². The fourth-order valence-electron chi connectivity index (χ4n) is 3.16. The van der Waals surface area contributed by atoms with E-state index in [2.05, 4.69) is 47.4 Å². The van der Waals surface area contributed by atoms with Gasteiger partial charge in [0, 0.05) is 5.69 Å². The Kier molecular flexibility index (Phi) is 4.03. The summed E-state index contributed by atoms with van der Waals surface area (Å²) in [4.78, 5) is 2.57. The molecule has 1 aliphatic heterocycles. The molecule has 1 atom stereocenters. The van der Waals surface area contributed by atoms with Crippen LogP contribution in [0.25, 0.3) is 0 Å². The maximum Gasteiger partial charge on any atom is 0.0622 e. The van der Waals surface area contributed by atoms with E-state index in [1.807, 2.05) is 12.1 Å². The van der Waals surface area contributed by atoms with Gasteiger partial charge in [-0.25, -0.2) is 0 Å². The van der Waals surface area contributed by atoms with Gasteiger partial charge in [-0.1, -0.05) is 55.0 Å². The predicted molar refractivity (Wildman–Crippen MR) is 84.6 cm³/mol. The van der Waals surface area contributed by atoms with Crippen LogP contribution in [-0.2, 0) is 0 Å². The molecule has 2 aromatic rings. The first-order valence-corrected chi connectivity index (χ1v) is 7.49. The number of rotatable bonds is 3. The second-order valence-corrected chi connectivity index (χ2v) is 5.54. The van der Waals surface area contributed by atoms with Crippen LogP contribution in [0.4, 0.5) is 5.69 Å². The maximum absolute atomic E-state index is 6.24. The van der Waals surface area contributed by atoms with Gasteiger partial charge in [-0.3, -0.25) is 4.90 Å². The van der Waals surface area contributed by atoms with Crippen LogP contribution in [0.1, 0.15) is 36.4 Å². The van der Waals surface area contributed by atoms with Crippen molar-refractivity contribution in [2.45, 2.75) is 25.3 Å². The summed E-state index contributed by atoms with van der Waals surface area (Å²) < 4.78 is 0. The van der Waals surface area contributed by atoms with Crippen molar-refractivity contribution in [2.24, 2.45) is 0 Å². The zero-order valence-electron chi connectivity index (χ0n) is 11.8. The second kappa shape index (κ2) is 6.10. The number of hydrogen-bond acceptors (Lipinski definition) is 2. The molecule has 0 radical (unpaired) electrons. The minimum atomic E-state index is 0.290. The fraction of sp³-hybridized carbons (Fsp3) is 0.333. The number of nitrogen functional groups attached to an aromatic ring is 1. The Morgan fingerprint density at radius 3 is 2.15 bits per heavy atom. The van der Waals surface area contributed by atoms with Crippen LogP contribution in [0.5, 0.6) is 0 Å². The van der Waals surface area contributed by atoms with Crippen molar-refractivity contribution in [3.8, 4) is 0 Å². The lowest BCUT2D eigenvalue weighted by molar-refractivity contribution is 0.188. The number of nitrogens with two attached hydrogens (primary N) is 1. The zero-order valence-corrected chi connectivity index (χ0v) is 11.8. The summed E-state index contributed by atoms with van der Waals surface area (Å²) in [6, 6.07) is 19.3. The molecule has 104 valence electrons. The highest BCUT2D eigenvalue weighted by atomic mass is 15.2. The van der Waals surface area contributed by atoms with E-state index in [-0.39, 0.29) is 6.04 Å². The quantitative estimate of drug-likeness (QED) is 0.855. The number of benzene rings is 2. The molecule has 2 heteroatoms. The molecule has 2 nitrogen and oxygen atoms in total. The van der Waals surface area contributed by atoms with Gasteiger partial charge in [-0.15, -0.1) is 0 Å². The standard InChI is InChI=1S/C18H22N2/c19-17-12-6-5-11-16(17)18(15-9-3-1-4-10-15)20-13-7-2-8-14-20/h1,3-6,9-12,18H,2,7-8,13-14,19H2. The fourth-order valence-corrected chi connectivity index (χ4v) is 3.16. The van der Waals surface area contributed by atoms with Crippen LogP contribution in [-0.4, -0.2) is 18.0 Å². The van der Waals surface area contributed by atoms with E-state index in [1.54, 1.807) is 0 Å². The van der Waals surface area contributed by atoms with Gasteiger partial charge in [-0.05, 0) is 43.1 Å². The molecule has 0 saturated carbocycles. The molecule has 1 saturated heterocycles. The van der Waals surface area contributed by atoms with Gasteiger partial charge < -0.3 is 5.73 Å². The molecule has 0 aromatic heterocycles. The van der Waals surface area contributed by atoms with Crippen molar-refractivity contribution in [3.63, 3.8) is 0 Å². The lowest BCUT2D eigenvalue weighted by atomic mass is 9.94. The summed E-state index contributed by atoms with van der Waals surface area (Å²) in [5, 5.41) is 0. The van der Waals surface area contributed by atoms with E-state index >= 15 is 0 Å². The van der Waals surface area contributed by atoms with Crippen molar-refractivity contribution >= 4 is 5.69 Å². The van der Waals surface area contributed by atoms with Gasteiger partial charge in [0.05, 0.1) is 6.04 Å². The maximum atomic E-state index is 6.24. The van der Waals surface area contributed by atoms with Gasteiger partial charge in [0.15, 0.2) is 0 Å². The van der Waals surface area contributed by atoms with Crippen molar-refractivity contribution < 1.29 is 0 Å². The third-order valence-corrected chi connectivity index (χ3v) is 4.16. The number of para-hydroxylation sites is 1. The molecule has 0 spiro atoms. The highest BCUT2D eigenvalue weighted by Gasteiger charge is 2.24. The first kappa shape index (κ1) is 13.2. The molecule has 1 heterocycles. The van der Waals surface area contributed by atoms with E-state index in [0.717, 1.165) is 18.8 Å². The first-order chi connectivity index (χ1) is 9.86. The SMILES string of the molecule is Nc1ccccc1C(c1ccccc1)N1CCCCC1. The van der Waals surface area contributed by atoms with Crippen molar-refractivity contribution in [1.82, 2.24) is 4.90 Å². The number of hydrogen-bond donors (Lipinski definition) is 1. The van der Waals surface area contributed by atoms with E-state index in [9.17, 15) is 0 Å². The highest BCUT2D eigenvalue weighted by Crippen LogP contribution is 2.33. The Morgan fingerprint density at radius 1 is 0.800 bits per heavy atom. The zero-order chi connectivity index (χ0) is 13.8. The Labute approximate surface area is 121 Å². The summed E-state index contributed by atoms with van der Waals surface area (Å²) >= 11 is 0. The Balaban J connectivity index is 2.01. The van der Waals surface area contributed by atoms with Crippen LogP contribution in [0, 0.1) is 0 Å². The van der Waals surface area contributed by atoms with Gasteiger partial charge in [-0.2, -0.15) is 0 Å². The second-order valence-electron chi connectivity index (χ2n) is 5.54. The van der Waals surface area contributed by atoms with E-state index in [4.69, 9.17) is 5.73 Å². The molecule has 20 heavy (non-hydrogen) atoms. The Hall–Kier alpha value is -1.80. The molecule has 0 bridgehead atoms. The number of piperidine rings is 1. The number of nitrogens with zero attached hydrogens (tertiary/aromatic N) is 1. The van der Waals surface area contributed by atoms with Gasteiger partial charge in [0.1, 0.15) is 0 Å². The summed E-state index contributed by atoms with van der Waals surface area (Å²) in [6.07, 6.45) is 3.93. The summed E-state index contributed by atoms with van der Waals surface area (Å²) in [7, 11) is 0. The van der Waals surface area contributed by atoms with Crippen molar-refractivity contribution in [3.05, 3.63) is 65.7 Å². The Morgan fingerprint density at radius 2 is 1.45 bits per heavy atom. The summed E-state index contributed by atoms with van der Waals surface area (Å²) in [5.41, 5.74) is 9.71. The molecule has 1 aliphatic rings. The van der Waals surface area contributed by atoms with Crippen LogP contribution >= 0.6 is 0 Å². The van der Waals surface area contributed by atoms with Crippen LogP contribution in [0.3, 0.4) is 0 Å². The minimum absolute atomic E-state index is 0.290. The van der Waals surface area contributed by atoms with E-state index < -0.39 is 0 Å². The largest absolute Gasteiger partial charge is 0.398 e. The van der Waals surface area contributed by atoms with Crippen molar-refractivity contribution in [2.75, 3.05) is 18.8 Å². The smallest absolute Gasteiger partial charge is 0.0622 e. The lowest BCUT2D eigenvalue weighted by Gasteiger charge is -2.35. The third-order valence-electron chi connectivity index (χ3n) is 4.16.